The van der Waals surface area contributed by atoms with Crippen LogP contribution in [0, 0.1) is 0 Å². The van der Waals surface area contributed by atoms with Gasteiger partial charge in [-0.2, -0.15) is 0 Å². The van der Waals surface area contributed by atoms with Gasteiger partial charge in [-0.1, -0.05) is 32.9 Å². The summed E-state index contributed by atoms with van der Waals surface area (Å²) in [4.78, 5) is 2.25. The van der Waals surface area contributed by atoms with Gasteiger partial charge in [0.15, 0.2) is 0 Å². The Bertz CT molecular complexity index is 470. The highest BCUT2D eigenvalue weighted by Gasteiger charge is 2.24. The van der Waals surface area contributed by atoms with E-state index in [1.165, 1.54) is 5.56 Å². The average molecular weight is 321 g/mol. The Morgan fingerprint density at radius 1 is 1.17 bits per heavy atom. The van der Waals surface area contributed by atoms with Crippen molar-refractivity contribution in [1.82, 2.24) is 4.90 Å². The quantitative estimate of drug-likeness (QED) is 0.905. The van der Waals surface area contributed by atoms with Gasteiger partial charge in [0, 0.05) is 19.6 Å². The highest BCUT2D eigenvalue weighted by Crippen LogP contribution is 2.24. The predicted molar refractivity (Wildman–Crippen MR) is 93.1 cm³/mol. The van der Waals surface area contributed by atoms with Gasteiger partial charge >= 0.3 is 0 Å². The standard InChI is InChI=1S/C19H31NO3/c1-14-10-20(11-15(2)23-14)12-17(21)13-22-18-8-6-16(7-9-18)19(3,4)5/h6-9,14-15,17,21H,10-13H2,1-5H3/t14-,15+,17-/m0/s1. The minimum atomic E-state index is -0.491. The number of ether oxygens (including phenoxy) is 2. The number of hydrogen-bond acceptors (Lipinski definition) is 4. The summed E-state index contributed by atoms with van der Waals surface area (Å²) in [6.07, 6.45) is -0.0524. The van der Waals surface area contributed by atoms with E-state index in [-0.39, 0.29) is 17.6 Å². The SMILES string of the molecule is C[C@@H]1CN(C[C@H](O)COc2ccc(C(C)(C)C)cc2)C[C@H](C)O1. The topological polar surface area (TPSA) is 41.9 Å². The van der Waals surface area contributed by atoms with Crippen LogP contribution in [-0.4, -0.2) is 54.6 Å². The molecule has 130 valence electrons. The van der Waals surface area contributed by atoms with Gasteiger partial charge in [-0.3, -0.25) is 4.90 Å². The van der Waals surface area contributed by atoms with Crippen LogP contribution in [0.15, 0.2) is 24.3 Å². The molecule has 1 aromatic rings. The Morgan fingerprint density at radius 3 is 2.26 bits per heavy atom. The minimum Gasteiger partial charge on any atom is -0.491 e. The van der Waals surface area contributed by atoms with Gasteiger partial charge in [0.25, 0.3) is 0 Å². The Hall–Kier alpha value is -1.10. The van der Waals surface area contributed by atoms with Crippen LogP contribution in [-0.2, 0) is 10.2 Å². The average Bonchev–Trinajstić information content (AvgIpc) is 2.43. The summed E-state index contributed by atoms with van der Waals surface area (Å²) >= 11 is 0. The van der Waals surface area contributed by atoms with E-state index in [1.54, 1.807) is 0 Å². The van der Waals surface area contributed by atoms with Crippen LogP contribution < -0.4 is 4.74 Å². The second-order valence-corrected chi connectivity index (χ2v) is 7.72. The number of aliphatic hydroxyl groups is 1. The van der Waals surface area contributed by atoms with Gasteiger partial charge in [0.05, 0.1) is 12.2 Å². The van der Waals surface area contributed by atoms with Crippen LogP contribution in [0.1, 0.15) is 40.2 Å². The fourth-order valence-corrected chi connectivity index (χ4v) is 3.03. The van der Waals surface area contributed by atoms with Gasteiger partial charge in [0.1, 0.15) is 18.5 Å². The Morgan fingerprint density at radius 2 is 1.74 bits per heavy atom. The minimum absolute atomic E-state index is 0.141. The zero-order valence-electron chi connectivity index (χ0n) is 15.1. The molecule has 1 aromatic carbocycles. The second-order valence-electron chi connectivity index (χ2n) is 7.72. The number of β-amino-alcohol motifs (C(OH)–C–C–N with tert-alkyl or cyclic N) is 1. The lowest BCUT2D eigenvalue weighted by Crippen LogP contribution is -2.48. The van der Waals surface area contributed by atoms with Crippen LogP contribution in [0.2, 0.25) is 0 Å². The lowest BCUT2D eigenvalue weighted by Gasteiger charge is -2.36. The van der Waals surface area contributed by atoms with Crippen molar-refractivity contribution in [3.8, 4) is 5.75 Å². The fourth-order valence-electron chi connectivity index (χ4n) is 3.03. The maximum atomic E-state index is 10.2. The first kappa shape index (κ1) is 18.2. The molecule has 3 atom stereocenters. The summed E-state index contributed by atoms with van der Waals surface area (Å²) in [5, 5.41) is 10.2. The van der Waals surface area contributed by atoms with E-state index in [9.17, 15) is 5.11 Å². The molecule has 0 radical (unpaired) electrons. The number of rotatable bonds is 5. The monoisotopic (exact) mass is 321 g/mol. The van der Waals surface area contributed by atoms with E-state index < -0.39 is 6.10 Å². The van der Waals surface area contributed by atoms with Crippen molar-refractivity contribution in [2.45, 2.75) is 58.3 Å². The predicted octanol–water partition coefficient (Wildman–Crippen LogP) is 2.83. The normalized spacial score (nSPS) is 24.4. The molecular weight excluding hydrogens is 290 g/mol. The van der Waals surface area contributed by atoms with Crippen molar-refractivity contribution in [2.24, 2.45) is 0 Å². The molecule has 1 N–H and O–H groups in total. The smallest absolute Gasteiger partial charge is 0.119 e. The Kier molecular flexibility index (Phi) is 6.06. The first-order valence-corrected chi connectivity index (χ1v) is 8.53. The fraction of sp³-hybridized carbons (Fsp3) is 0.684. The Balaban J connectivity index is 1.79. The van der Waals surface area contributed by atoms with Gasteiger partial charge in [0.2, 0.25) is 0 Å². The molecule has 1 fully saturated rings. The van der Waals surface area contributed by atoms with Crippen LogP contribution in [0.25, 0.3) is 0 Å². The highest BCUT2D eigenvalue weighted by atomic mass is 16.5. The zero-order valence-corrected chi connectivity index (χ0v) is 15.1. The number of morpholine rings is 1. The largest absolute Gasteiger partial charge is 0.491 e. The third-order valence-electron chi connectivity index (χ3n) is 4.13. The molecule has 1 aliphatic heterocycles. The lowest BCUT2D eigenvalue weighted by atomic mass is 9.87. The van der Waals surface area contributed by atoms with Gasteiger partial charge in [-0.15, -0.1) is 0 Å². The summed E-state index contributed by atoms with van der Waals surface area (Å²) < 4.78 is 11.4. The molecule has 0 aliphatic carbocycles. The van der Waals surface area contributed by atoms with Gasteiger partial charge < -0.3 is 14.6 Å². The lowest BCUT2D eigenvalue weighted by molar-refractivity contribution is -0.0786. The van der Waals surface area contributed by atoms with Crippen LogP contribution >= 0.6 is 0 Å². The first-order valence-electron chi connectivity index (χ1n) is 8.53. The summed E-state index contributed by atoms with van der Waals surface area (Å²) in [6.45, 7) is 13.4. The maximum Gasteiger partial charge on any atom is 0.119 e. The molecule has 4 heteroatoms. The molecule has 1 saturated heterocycles. The third kappa shape index (κ3) is 5.79. The molecule has 2 rings (SSSR count). The molecule has 23 heavy (non-hydrogen) atoms. The molecule has 0 bridgehead atoms. The first-order chi connectivity index (χ1) is 10.7. The summed E-state index contributed by atoms with van der Waals surface area (Å²) in [5.41, 5.74) is 1.42. The molecule has 4 nitrogen and oxygen atoms in total. The highest BCUT2D eigenvalue weighted by molar-refractivity contribution is 5.31. The second kappa shape index (κ2) is 7.65. The molecule has 0 amide bonds. The number of aliphatic hydroxyl groups excluding tert-OH is 1. The van der Waals surface area contributed by atoms with Crippen molar-refractivity contribution in [3.05, 3.63) is 29.8 Å². The molecule has 1 aliphatic rings. The van der Waals surface area contributed by atoms with Gasteiger partial charge in [-0.05, 0) is 37.0 Å². The zero-order chi connectivity index (χ0) is 17.0. The summed E-state index contributed by atoms with van der Waals surface area (Å²) in [5.74, 6) is 0.806. The number of nitrogens with zero attached hydrogens (tertiary/aromatic N) is 1. The van der Waals surface area contributed by atoms with Crippen LogP contribution in [0.3, 0.4) is 0 Å². The van der Waals surface area contributed by atoms with Crippen LogP contribution in [0.5, 0.6) is 5.75 Å². The molecule has 0 unspecified atom stereocenters. The van der Waals surface area contributed by atoms with Crippen molar-refractivity contribution in [3.63, 3.8) is 0 Å². The summed E-state index contributed by atoms with van der Waals surface area (Å²) in [7, 11) is 0. The van der Waals surface area contributed by atoms with Crippen molar-refractivity contribution < 1.29 is 14.6 Å². The molecule has 1 heterocycles. The van der Waals surface area contributed by atoms with E-state index >= 15 is 0 Å². The van der Waals surface area contributed by atoms with E-state index in [1.807, 2.05) is 12.1 Å². The Labute approximate surface area is 140 Å². The van der Waals surface area contributed by atoms with E-state index in [0.29, 0.717) is 13.2 Å². The van der Waals surface area contributed by atoms with Crippen LogP contribution in [0.4, 0.5) is 0 Å². The number of benzene rings is 1. The summed E-state index contributed by atoms with van der Waals surface area (Å²) in [6, 6.07) is 8.14. The van der Waals surface area contributed by atoms with Gasteiger partial charge in [-0.25, -0.2) is 0 Å². The molecule has 0 spiro atoms. The third-order valence-corrected chi connectivity index (χ3v) is 4.13. The van der Waals surface area contributed by atoms with E-state index in [2.05, 4.69) is 51.7 Å². The van der Waals surface area contributed by atoms with Crippen molar-refractivity contribution in [2.75, 3.05) is 26.2 Å². The van der Waals surface area contributed by atoms with E-state index in [0.717, 1.165) is 18.8 Å². The number of hydrogen-bond donors (Lipinski definition) is 1. The maximum absolute atomic E-state index is 10.2. The van der Waals surface area contributed by atoms with Crippen molar-refractivity contribution in [1.29, 1.82) is 0 Å². The molecule has 0 aromatic heterocycles. The molecular formula is C19H31NO3. The molecule has 0 saturated carbocycles. The van der Waals surface area contributed by atoms with Crippen molar-refractivity contribution >= 4 is 0 Å². The van der Waals surface area contributed by atoms with E-state index in [4.69, 9.17) is 9.47 Å².